The number of hydrogen-bond acceptors (Lipinski definition) is 3. The topological polar surface area (TPSA) is 63.3 Å². The molecule has 1 aliphatic rings. The van der Waals surface area contributed by atoms with E-state index in [0.717, 1.165) is 10.8 Å². The Kier molecular flexibility index (Phi) is 4.17. The van der Waals surface area contributed by atoms with Crippen molar-refractivity contribution in [2.24, 2.45) is 5.92 Å². The predicted molar refractivity (Wildman–Crippen MR) is 75.1 cm³/mol. The highest BCUT2D eigenvalue weighted by Crippen LogP contribution is 2.38. The smallest absolute Gasteiger partial charge is 0.337 e. The molecule has 4 heteroatoms. The van der Waals surface area contributed by atoms with Crippen molar-refractivity contribution in [2.75, 3.05) is 5.73 Å². The van der Waals surface area contributed by atoms with Crippen LogP contribution >= 0.6 is 11.8 Å². The first-order chi connectivity index (χ1) is 8.58. The van der Waals surface area contributed by atoms with Crippen molar-refractivity contribution < 1.29 is 9.90 Å². The molecular formula is C14H19NO2S. The minimum absolute atomic E-state index is 0.212. The van der Waals surface area contributed by atoms with Crippen molar-refractivity contribution >= 4 is 23.4 Å². The lowest BCUT2D eigenvalue weighted by atomic mass is 9.91. The number of anilines is 1. The second-order valence-electron chi connectivity index (χ2n) is 5.03. The number of carboxylic acid groups (broad SMARTS) is 1. The number of carbonyl (C=O) groups is 1. The van der Waals surface area contributed by atoms with E-state index in [0.29, 0.717) is 10.9 Å². The zero-order valence-electron chi connectivity index (χ0n) is 10.6. The Balaban J connectivity index is 2.14. The molecule has 18 heavy (non-hydrogen) atoms. The van der Waals surface area contributed by atoms with Gasteiger partial charge in [0.2, 0.25) is 0 Å². The second-order valence-corrected chi connectivity index (χ2v) is 6.38. The molecule has 2 unspecified atom stereocenters. The molecule has 1 aliphatic carbocycles. The highest BCUT2D eigenvalue weighted by molar-refractivity contribution is 8.00. The molecule has 0 heterocycles. The number of benzene rings is 1. The fourth-order valence-corrected chi connectivity index (χ4v) is 3.96. The number of nitrogens with two attached hydrogens (primary N) is 1. The molecular weight excluding hydrogens is 246 g/mol. The number of thioether (sulfide) groups is 1. The molecule has 1 fully saturated rings. The van der Waals surface area contributed by atoms with Crippen molar-refractivity contribution in [2.45, 2.75) is 42.8 Å². The zero-order chi connectivity index (χ0) is 13.1. The third-order valence-corrected chi connectivity index (χ3v) is 4.85. The molecule has 98 valence electrons. The van der Waals surface area contributed by atoms with E-state index < -0.39 is 5.97 Å². The number of aromatic carboxylic acids is 1. The van der Waals surface area contributed by atoms with Crippen LogP contribution in [0.5, 0.6) is 0 Å². The number of rotatable bonds is 3. The van der Waals surface area contributed by atoms with Crippen LogP contribution in [0.15, 0.2) is 23.1 Å². The number of para-hydroxylation sites is 1. The Bertz CT molecular complexity index is 447. The van der Waals surface area contributed by atoms with Crippen LogP contribution in [0.2, 0.25) is 0 Å². The Morgan fingerprint density at radius 2 is 2.22 bits per heavy atom. The van der Waals surface area contributed by atoms with Crippen molar-refractivity contribution in [1.82, 2.24) is 0 Å². The van der Waals surface area contributed by atoms with Gasteiger partial charge < -0.3 is 10.8 Å². The highest BCUT2D eigenvalue weighted by Gasteiger charge is 2.21. The van der Waals surface area contributed by atoms with Crippen LogP contribution in [0.1, 0.15) is 43.0 Å². The first kappa shape index (κ1) is 13.3. The van der Waals surface area contributed by atoms with Gasteiger partial charge in [0.15, 0.2) is 0 Å². The third kappa shape index (κ3) is 2.99. The van der Waals surface area contributed by atoms with E-state index in [9.17, 15) is 4.79 Å². The van der Waals surface area contributed by atoms with Crippen LogP contribution in [-0.4, -0.2) is 16.3 Å². The minimum Gasteiger partial charge on any atom is -0.478 e. The first-order valence-corrected chi connectivity index (χ1v) is 7.24. The molecule has 0 aromatic heterocycles. The summed E-state index contributed by atoms with van der Waals surface area (Å²) in [6.45, 7) is 2.28. The van der Waals surface area contributed by atoms with E-state index in [1.165, 1.54) is 25.7 Å². The summed E-state index contributed by atoms with van der Waals surface area (Å²) in [5.41, 5.74) is 6.56. The van der Waals surface area contributed by atoms with Gasteiger partial charge >= 0.3 is 5.97 Å². The summed E-state index contributed by atoms with van der Waals surface area (Å²) < 4.78 is 0. The molecule has 1 saturated carbocycles. The molecule has 0 radical (unpaired) electrons. The highest BCUT2D eigenvalue weighted by atomic mass is 32.2. The second kappa shape index (κ2) is 5.65. The zero-order valence-corrected chi connectivity index (χ0v) is 11.4. The standard InChI is InChI=1S/C14H19NO2S/c1-9-4-2-5-10(8-9)18-12-7-3-6-11(13(12)15)14(16)17/h3,6-7,9-10H,2,4-5,8,15H2,1H3,(H,16,17). The Morgan fingerprint density at radius 3 is 2.89 bits per heavy atom. The van der Waals surface area contributed by atoms with Crippen LogP contribution in [0.3, 0.4) is 0 Å². The van der Waals surface area contributed by atoms with Crippen LogP contribution in [0.25, 0.3) is 0 Å². The van der Waals surface area contributed by atoms with Gasteiger partial charge in [-0.1, -0.05) is 25.8 Å². The normalized spacial score (nSPS) is 23.8. The molecule has 0 amide bonds. The number of nitrogen functional groups attached to an aromatic ring is 1. The van der Waals surface area contributed by atoms with Crippen molar-refractivity contribution in [1.29, 1.82) is 0 Å². The summed E-state index contributed by atoms with van der Waals surface area (Å²) in [4.78, 5) is 11.9. The summed E-state index contributed by atoms with van der Waals surface area (Å²) in [6, 6.07) is 5.26. The maximum atomic E-state index is 11.0. The fraction of sp³-hybridized carbons (Fsp3) is 0.500. The molecule has 0 bridgehead atoms. The monoisotopic (exact) mass is 265 g/mol. The molecule has 0 saturated heterocycles. The Hall–Kier alpha value is -1.16. The van der Waals surface area contributed by atoms with Crippen molar-refractivity contribution in [3.05, 3.63) is 23.8 Å². The average Bonchev–Trinajstić information content (AvgIpc) is 2.31. The molecule has 2 rings (SSSR count). The molecule has 3 nitrogen and oxygen atoms in total. The van der Waals surface area contributed by atoms with Crippen LogP contribution in [0, 0.1) is 5.92 Å². The molecule has 0 aliphatic heterocycles. The number of hydrogen-bond donors (Lipinski definition) is 2. The van der Waals surface area contributed by atoms with Crippen LogP contribution in [0.4, 0.5) is 5.69 Å². The maximum absolute atomic E-state index is 11.0. The van der Waals surface area contributed by atoms with E-state index in [1.807, 2.05) is 6.07 Å². The summed E-state index contributed by atoms with van der Waals surface area (Å²) in [5, 5.41) is 9.62. The lowest BCUT2D eigenvalue weighted by Crippen LogP contribution is -2.15. The SMILES string of the molecule is CC1CCCC(Sc2cccc(C(=O)O)c2N)C1. The van der Waals surface area contributed by atoms with Gasteiger partial charge in [-0.3, -0.25) is 0 Å². The van der Waals surface area contributed by atoms with Gasteiger partial charge in [0, 0.05) is 10.1 Å². The van der Waals surface area contributed by atoms with Crippen LogP contribution in [-0.2, 0) is 0 Å². The molecule has 3 N–H and O–H groups in total. The van der Waals surface area contributed by atoms with Gasteiger partial charge in [0.05, 0.1) is 11.3 Å². The molecule has 2 atom stereocenters. The van der Waals surface area contributed by atoms with Crippen molar-refractivity contribution in [3.63, 3.8) is 0 Å². The lowest BCUT2D eigenvalue weighted by Gasteiger charge is -2.26. The van der Waals surface area contributed by atoms with E-state index >= 15 is 0 Å². The quantitative estimate of drug-likeness (QED) is 0.819. The van der Waals surface area contributed by atoms with E-state index in [1.54, 1.807) is 23.9 Å². The third-order valence-electron chi connectivity index (χ3n) is 3.48. The summed E-state index contributed by atoms with van der Waals surface area (Å²) in [5.74, 6) is -0.188. The predicted octanol–water partition coefficient (Wildman–Crippen LogP) is 3.64. The molecule has 0 spiro atoms. The summed E-state index contributed by atoms with van der Waals surface area (Å²) >= 11 is 1.74. The maximum Gasteiger partial charge on any atom is 0.337 e. The van der Waals surface area contributed by atoms with Gasteiger partial charge in [-0.25, -0.2) is 4.79 Å². The minimum atomic E-state index is -0.952. The van der Waals surface area contributed by atoms with Gasteiger partial charge in [-0.15, -0.1) is 11.8 Å². The van der Waals surface area contributed by atoms with Crippen molar-refractivity contribution in [3.8, 4) is 0 Å². The fourth-order valence-electron chi connectivity index (χ4n) is 2.50. The lowest BCUT2D eigenvalue weighted by molar-refractivity contribution is 0.0698. The molecule has 1 aromatic carbocycles. The van der Waals surface area contributed by atoms with Gasteiger partial charge in [-0.05, 0) is 30.9 Å². The molecule has 1 aromatic rings. The summed E-state index contributed by atoms with van der Waals surface area (Å²) in [6.07, 6.45) is 4.96. The Morgan fingerprint density at radius 1 is 1.44 bits per heavy atom. The van der Waals surface area contributed by atoms with Gasteiger partial charge in [0.1, 0.15) is 0 Å². The Labute approximate surface area is 112 Å². The number of carboxylic acids is 1. The van der Waals surface area contributed by atoms with E-state index in [2.05, 4.69) is 6.92 Å². The van der Waals surface area contributed by atoms with Gasteiger partial charge in [0.25, 0.3) is 0 Å². The average molecular weight is 265 g/mol. The largest absolute Gasteiger partial charge is 0.478 e. The van der Waals surface area contributed by atoms with Gasteiger partial charge in [-0.2, -0.15) is 0 Å². The van der Waals surface area contributed by atoms with Crippen LogP contribution < -0.4 is 5.73 Å². The van der Waals surface area contributed by atoms with E-state index in [-0.39, 0.29) is 5.56 Å². The first-order valence-electron chi connectivity index (χ1n) is 6.36. The summed E-state index contributed by atoms with van der Waals surface area (Å²) in [7, 11) is 0. The van der Waals surface area contributed by atoms with E-state index in [4.69, 9.17) is 10.8 Å².